The minimum atomic E-state index is -1.01. The van der Waals surface area contributed by atoms with Gasteiger partial charge in [0.2, 0.25) is 0 Å². The zero-order valence-corrected chi connectivity index (χ0v) is 17.6. The highest BCUT2D eigenvalue weighted by Gasteiger charge is 2.53. The molecule has 2 aliphatic heterocycles. The molecule has 2 bridgehead atoms. The van der Waals surface area contributed by atoms with E-state index in [-0.39, 0.29) is 18.0 Å². The Morgan fingerprint density at radius 3 is 2.77 bits per heavy atom. The maximum absolute atomic E-state index is 13.3. The van der Waals surface area contributed by atoms with E-state index < -0.39 is 5.54 Å². The van der Waals surface area contributed by atoms with Crippen molar-refractivity contribution in [2.75, 3.05) is 0 Å². The Morgan fingerprint density at radius 2 is 2.17 bits per heavy atom. The predicted octanol–water partition coefficient (Wildman–Crippen LogP) is 3.68. The molecule has 4 N–H and O–H groups in total. The topological polar surface area (TPSA) is 125 Å². The zero-order chi connectivity index (χ0) is 21.3. The van der Waals surface area contributed by atoms with Gasteiger partial charge in [0.1, 0.15) is 5.54 Å². The van der Waals surface area contributed by atoms with Gasteiger partial charge in [0.15, 0.2) is 0 Å². The quantitative estimate of drug-likeness (QED) is 0.271. The van der Waals surface area contributed by atoms with Crippen LogP contribution >= 0.6 is 22.9 Å². The van der Waals surface area contributed by atoms with Gasteiger partial charge in [0.05, 0.1) is 16.3 Å². The van der Waals surface area contributed by atoms with E-state index in [0.29, 0.717) is 34.7 Å². The van der Waals surface area contributed by atoms with Gasteiger partial charge in [-0.2, -0.15) is 0 Å². The second kappa shape index (κ2) is 8.25. The van der Waals surface area contributed by atoms with Crippen LogP contribution in [0.4, 0.5) is 0 Å². The lowest BCUT2D eigenvalue weighted by Gasteiger charge is -2.42. The van der Waals surface area contributed by atoms with Gasteiger partial charge in [0.25, 0.3) is 5.91 Å². The summed E-state index contributed by atoms with van der Waals surface area (Å²) in [6, 6.07) is 5.02. The number of aromatic nitrogens is 1. The molecule has 10 heteroatoms. The van der Waals surface area contributed by atoms with Crippen LogP contribution in [0.15, 0.2) is 41.2 Å². The monoisotopic (exact) mass is 444 g/mol. The number of piperidine rings is 1. The van der Waals surface area contributed by atoms with Crippen molar-refractivity contribution in [1.29, 1.82) is 5.41 Å². The molecule has 2 unspecified atom stereocenters. The molecule has 0 aromatic carbocycles. The molecule has 2 fully saturated rings. The molecule has 8 nitrogen and oxygen atoms in total. The fraction of sp³-hybridized carbons (Fsp3) is 0.350. The number of pyridine rings is 1. The van der Waals surface area contributed by atoms with E-state index in [1.54, 1.807) is 29.8 Å². The number of amides is 1. The zero-order valence-electron chi connectivity index (χ0n) is 16.0. The van der Waals surface area contributed by atoms with Crippen molar-refractivity contribution in [1.82, 2.24) is 15.3 Å². The van der Waals surface area contributed by atoms with Crippen molar-refractivity contribution in [2.24, 2.45) is 11.0 Å². The Balaban J connectivity index is 1.60. The number of hydrogen-bond donors (Lipinski definition) is 3. The third-order valence-corrected chi connectivity index (χ3v) is 7.18. The van der Waals surface area contributed by atoms with Gasteiger partial charge in [0, 0.05) is 59.4 Å². The molecule has 0 radical (unpaired) electrons. The van der Waals surface area contributed by atoms with Gasteiger partial charge in [-0.3, -0.25) is 15.6 Å². The summed E-state index contributed by atoms with van der Waals surface area (Å²) in [7, 11) is 0. The van der Waals surface area contributed by atoms with Gasteiger partial charge in [-0.25, -0.2) is 0 Å². The van der Waals surface area contributed by atoms with Crippen molar-refractivity contribution >= 4 is 40.6 Å². The molecular formula is C20H21ClN6O2S. The Hall–Kier alpha value is -2.62. The van der Waals surface area contributed by atoms with Crippen molar-refractivity contribution in [3.63, 3.8) is 0 Å². The van der Waals surface area contributed by atoms with Crippen LogP contribution in [0.25, 0.3) is 5.57 Å². The van der Waals surface area contributed by atoms with Crippen molar-refractivity contribution < 1.29 is 4.79 Å². The number of hydrogen-bond acceptors (Lipinski definition) is 8. The molecular weight excluding hydrogens is 424 g/mol. The van der Waals surface area contributed by atoms with Crippen molar-refractivity contribution in [3.05, 3.63) is 62.0 Å². The van der Waals surface area contributed by atoms with Gasteiger partial charge in [-0.15, -0.1) is 16.2 Å². The molecule has 4 rings (SSSR count). The van der Waals surface area contributed by atoms with Gasteiger partial charge in [-0.05, 0) is 31.0 Å². The van der Waals surface area contributed by atoms with E-state index in [2.05, 4.69) is 15.6 Å². The minimum absolute atomic E-state index is 0.0679. The lowest BCUT2D eigenvalue weighted by atomic mass is 9.80. The van der Waals surface area contributed by atoms with E-state index in [1.807, 2.05) is 4.90 Å². The number of halogens is 1. The highest BCUT2D eigenvalue weighted by Crippen LogP contribution is 2.49. The number of nitrogens with zero attached hydrogens (tertiary/aromatic N) is 3. The summed E-state index contributed by atoms with van der Waals surface area (Å²) in [5.74, 6) is 5.25. The third kappa shape index (κ3) is 3.42. The lowest BCUT2D eigenvalue weighted by Crippen LogP contribution is -2.51. The maximum Gasteiger partial charge on any atom is 0.255 e. The fourth-order valence-electron chi connectivity index (χ4n) is 4.62. The van der Waals surface area contributed by atoms with E-state index in [4.69, 9.17) is 22.9 Å². The van der Waals surface area contributed by atoms with Crippen LogP contribution in [0.3, 0.4) is 0 Å². The Morgan fingerprint density at radius 1 is 1.43 bits per heavy atom. The molecule has 156 valence electrons. The molecule has 0 spiro atoms. The summed E-state index contributed by atoms with van der Waals surface area (Å²) < 4.78 is 0. The SMILES string of the molecule is N=C/C(=C\NN)c1cc(C(=O)N2C3CCC2CC(N=O)(c2ncccc2Cl)C3)cs1. The molecule has 4 heterocycles. The smallest absolute Gasteiger partial charge is 0.255 e. The van der Waals surface area contributed by atoms with Gasteiger partial charge < -0.3 is 15.7 Å². The molecule has 2 aliphatic rings. The first-order chi connectivity index (χ1) is 14.5. The number of hydrazine groups is 1. The van der Waals surface area contributed by atoms with Crippen LogP contribution in [-0.4, -0.2) is 34.1 Å². The summed E-state index contributed by atoms with van der Waals surface area (Å²) in [5, 5.41) is 13.2. The van der Waals surface area contributed by atoms with E-state index in [9.17, 15) is 9.70 Å². The van der Waals surface area contributed by atoms with Gasteiger partial charge >= 0.3 is 0 Å². The maximum atomic E-state index is 13.3. The number of carbonyl (C=O) groups excluding carboxylic acids is 1. The largest absolute Gasteiger partial charge is 0.332 e. The van der Waals surface area contributed by atoms with E-state index in [0.717, 1.165) is 17.7 Å². The summed E-state index contributed by atoms with van der Waals surface area (Å²) in [4.78, 5) is 32.3. The summed E-state index contributed by atoms with van der Waals surface area (Å²) >= 11 is 7.71. The Kier molecular flexibility index (Phi) is 5.68. The van der Waals surface area contributed by atoms with Crippen molar-refractivity contribution in [2.45, 2.75) is 43.3 Å². The van der Waals surface area contributed by atoms with Crippen LogP contribution in [0.2, 0.25) is 5.02 Å². The molecule has 0 aliphatic carbocycles. The molecule has 2 aromatic rings. The van der Waals surface area contributed by atoms with E-state index in [1.165, 1.54) is 23.8 Å². The van der Waals surface area contributed by atoms with Crippen molar-refractivity contribution in [3.8, 4) is 0 Å². The molecule has 30 heavy (non-hydrogen) atoms. The van der Waals surface area contributed by atoms with Crippen LogP contribution in [0, 0.1) is 10.3 Å². The number of rotatable bonds is 6. The number of nitroso groups, excluding NO2 is 1. The Labute approximate surface area is 182 Å². The highest BCUT2D eigenvalue weighted by molar-refractivity contribution is 7.11. The first-order valence-corrected chi connectivity index (χ1v) is 10.8. The summed E-state index contributed by atoms with van der Waals surface area (Å²) in [5.41, 5.74) is 3.07. The standard InChI is InChI=1S/C20H21ClN6O2S/c21-16-2-1-5-24-18(16)20(26-29)7-14-3-4-15(8-20)27(14)19(28)12-6-17(30-11-12)13(9-22)10-25-23/h1-2,5-6,9-11,14-15,22,25H,3-4,7-8,23H2/b13-10+,22-9?. The number of allylic oxidation sites excluding steroid dienone is 1. The number of nitrogens with two attached hydrogens (primary N) is 1. The van der Waals surface area contributed by atoms with Crippen LogP contribution < -0.4 is 11.3 Å². The molecule has 1 amide bonds. The number of nitrogens with one attached hydrogen (secondary N) is 2. The molecule has 2 saturated heterocycles. The van der Waals surface area contributed by atoms with Gasteiger partial charge in [-0.1, -0.05) is 16.8 Å². The van der Waals surface area contributed by atoms with Crippen LogP contribution in [-0.2, 0) is 5.54 Å². The van der Waals surface area contributed by atoms with E-state index >= 15 is 0 Å². The lowest BCUT2D eigenvalue weighted by molar-refractivity contribution is 0.0476. The predicted molar refractivity (Wildman–Crippen MR) is 117 cm³/mol. The molecule has 2 aromatic heterocycles. The first-order valence-electron chi connectivity index (χ1n) is 9.57. The Bertz CT molecular complexity index is 1010. The number of thiophene rings is 1. The average Bonchev–Trinajstić information content (AvgIpc) is 3.35. The number of fused-ring (bicyclic) bond motifs is 2. The normalized spacial score (nSPS) is 25.8. The third-order valence-electron chi connectivity index (χ3n) is 5.90. The number of carbonyl (C=O) groups is 1. The average molecular weight is 445 g/mol. The second-order valence-corrected chi connectivity index (χ2v) is 8.89. The summed E-state index contributed by atoms with van der Waals surface area (Å²) in [6.45, 7) is 0. The second-order valence-electron chi connectivity index (χ2n) is 7.57. The summed E-state index contributed by atoms with van der Waals surface area (Å²) in [6.07, 6.45) is 6.77. The minimum Gasteiger partial charge on any atom is -0.332 e. The fourth-order valence-corrected chi connectivity index (χ4v) is 5.79. The highest BCUT2D eigenvalue weighted by atomic mass is 35.5. The van der Waals surface area contributed by atoms with Crippen LogP contribution in [0.5, 0.6) is 0 Å². The molecule has 0 saturated carbocycles. The first kappa shape index (κ1) is 20.6. The molecule has 2 atom stereocenters. The van der Waals surface area contributed by atoms with Crippen LogP contribution in [0.1, 0.15) is 46.6 Å².